The molecule has 0 saturated carbocycles. The van der Waals surface area contributed by atoms with Gasteiger partial charge in [-0.25, -0.2) is 0 Å². The van der Waals surface area contributed by atoms with Gasteiger partial charge in [-0.3, -0.25) is 19.5 Å². The molecular weight excluding hydrogens is 400 g/mol. The van der Waals surface area contributed by atoms with Crippen LogP contribution in [0.15, 0.2) is 36.4 Å². The van der Waals surface area contributed by atoms with Gasteiger partial charge in [-0.15, -0.1) is 0 Å². The zero-order chi connectivity index (χ0) is 23.0. The highest BCUT2D eigenvalue weighted by Crippen LogP contribution is 2.39. The number of rotatable bonds is 4. The lowest BCUT2D eigenvalue weighted by Gasteiger charge is -2.33. The number of likely N-dealkylation sites (tertiary alicyclic amines) is 1. The van der Waals surface area contributed by atoms with E-state index >= 15 is 0 Å². The van der Waals surface area contributed by atoms with Crippen LogP contribution in [-0.2, 0) is 16.1 Å². The second kappa shape index (κ2) is 8.66. The Balaban J connectivity index is 1.58. The van der Waals surface area contributed by atoms with Crippen LogP contribution < -0.4 is 9.80 Å². The van der Waals surface area contributed by atoms with Crippen LogP contribution in [0.4, 0.5) is 11.4 Å². The maximum atomic E-state index is 13.1. The second-order valence-electron chi connectivity index (χ2n) is 9.64. The molecule has 0 bridgehead atoms. The first-order valence-corrected chi connectivity index (χ1v) is 11.6. The van der Waals surface area contributed by atoms with Gasteiger partial charge in [0.25, 0.3) is 0 Å². The third-order valence-electron chi connectivity index (χ3n) is 6.87. The molecule has 6 heteroatoms. The van der Waals surface area contributed by atoms with Crippen molar-refractivity contribution in [3.63, 3.8) is 0 Å². The predicted molar refractivity (Wildman–Crippen MR) is 128 cm³/mol. The zero-order valence-corrected chi connectivity index (χ0v) is 19.9. The van der Waals surface area contributed by atoms with E-state index in [1.165, 1.54) is 5.69 Å². The summed E-state index contributed by atoms with van der Waals surface area (Å²) >= 11 is 0. The Kier molecular flexibility index (Phi) is 6.08. The molecule has 2 aliphatic heterocycles. The molecule has 1 atom stereocenters. The number of piperidine rings is 1. The number of carbonyl (C=O) groups excluding carboxylic acids is 2. The minimum Gasteiger partial charge on any atom is -0.313 e. The molecule has 0 radical (unpaired) electrons. The minimum absolute atomic E-state index is 0.145. The normalized spacial score (nSPS) is 21.5. The molecule has 1 saturated heterocycles. The quantitative estimate of drug-likeness (QED) is 0.679. The molecule has 1 unspecified atom stereocenters. The van der Waals surface area contributed by atoms with Gasteiger partial charge in [0.15, 0.2) is 0 Å². The van der Waals surface area contributed by atoms with Gasteiger partial charge in [-0.05, 0) is 76.9 Å². The lowest BCUT2D eigenvalue weighted by atomic mass is 9.90. The van der Waals surface area contributed by atoms with Gasteiger partial charge in [-0.2, -0.15) is 0 Å². The smallest absolute Gasteiger partial charge is 0.242 e. The van der Waals surface area contributed by atoms with Gasteiger partial charge in [0.2, 0.25) is 11.8 Å². The molecule has 0 spiro atoms. The van der Waals surface area contributed by atoms with Crippen LogP contribution in [0.3, 0.4) is 0 Å². The van der Waals surface area contributed by atoms with Gasteiger partial charge in [0.1, 0.15) is 5.41 Å². The third kappa shape index (κ3) is 4.04. The Morgan fingerprint density at radius 2 is 1.88 bits per heavy atom. The summed E-state index contributed by atoms with van der Waals surface area (Å²) < 4.78 is 0. The number of aryl methyl sites for hydroxylation is 1. The maximum absolute atomic E-state index is 13.1. The number of pyridine rings is 1. The fraction of sp³-hybridized carbons (Fsp3) is 0.500. The number of hydrogen-bond donors (Lipinski definition) is 0. The number of fused-ring (bicyclic) bond motifs is 1. The minimum atomic E-state index is -1.08. The van der Waals surface area contributed by atoms with Crippen molar-refractivity contribution in [1.82, 2.24) is 9.88 Å². The molecule has 2 aromatic rings. The van der Waals surface area contributed by atoms with E-state index in [1.807, 2.05) is 26.0 Å². The first-order valence-electron chi connectivity index (χ1n) is 11.6. The third-order valence-corrected chi connectivity index (χ3v) is 6.87. The Morgan fingerprint density at radius 1 is 1.09 bits per heavy atom. The largest absolute Gasteiger partial charge is 0.313 e. The molecule has 4 rings (SSSR count). The highest BCUT2D eigenvalue weighted by molar-refractivity contribution is 6.19. The van der Waals surface area contributed by atoms with E-state index in [9.17, 15) is 9.59 Å². The number of nitrogens with zero attached hydrogens (tertiary/aromatic N) is 4. The van der Waals surface area contributed by atoms with Crippen LogP contribution in [0.1, 0.15) is 56.5 Å². The van der Waals surface area contributed by atoms with E-state index in [2.05, 4.69) is 29.2 Å². The number of hydrogen-bond acceptors (Lipinski definition) is 4. The summed E-state index contributed by atoms with van der Waals surface area (Å²) in [6.07, 6.45) is 2.31. The standard InChI is InChI=1S/C26H34N4O2/c1-6-30-22-13-12-19(15-23(22)28(5)24(31)26(3,4)25(30)32)16-29-14-8-10-20(17-29)21-11-7-9-18(2)27-21/h7,9,11-13,15,20H,6,8,10,14,16-17H2,1-5H3. The fourth-order valence-electron chi connectivity index (χ4n) is 5.04. The molecule has 170 valence electrons. The van der Waals surface area contributed by atoms with E-state index in [1.54, 1.807) is 30.7 Å². The Morgan fingerprint density at radius 3 is 2.59 bits per heavy atom. The van der Waals surface area contributed by atoms with E-state index in [-0.39, 0.29) is 11.8 Å². The number of aromatic nitrogens is 1. The van der Waals surface area contributed by atoms with Crippen molar-refractivity contribution in [2.75, 3.05) is 36.5 Å². The summed E-state index contributed by atoms with van der Waals surface area (Å²) in [4.78, 5) is 36.8. The predicted octanol–water partition coefficient (Wildman–Crippen LogP) is 4.13. The fourth-order valence-corrected chi connectivity index (χ4v) is 5.04. The van der Waals surface area contributed by atoms with Crippen molar-refractivity contribution >= 4 is 23.2 Å². The van der Waals surface area contributed by atoms with Crippen molar-refractivity contribution < 1.29 is 9.59 Å². The average Bonchev–Trinajstić information content (AvgIpc) is 2.83. The molecule has 1 fully saturated rings. The first-order chi connectivity index (χ1) is 15.2. The van der Waals surface area contributed by atoms with Gasteiger partial charge < -0.3 is 9.80 Å². The molecule has 3 heterocycles. The first kappa shape index (κ1) is 22.5. The average molecular weight is 435 g/mol. The van der Waals surface area contributed by atoms with Crippen molar-refractivity contribution in [1.29, 1.82) is 0 Å². The second-order valence-corrected chi connectivity index (χ2v) is 9.64. The summed E-state index contributed by atoms with van der Waals surface area (Å²) in [6.45, 7) is 10.8. The summed E-state index contributed by atoms with van der Waals surface area (Å²) in [5.41, 5.74) is 3.94. The number of benzene rings is 1. The van der Waals surface area contributed by atoms with Crippen LogP contribution in [0.5, 0.6) is 0 Å². The van der Waals surface area contributed by atoms with Crippen molar-refractivity contribution in [3.05, 3.63) is 53.3 Å². The molecule has 6 nitrogen and oxygen atoms in total. The van der Waals surface area contributed by atoms with Crippen LogP contribution in [0, 0.1) is 12.3 Å². The Labute approximate surface area is 191 Å². The highest BCUT2D eigenvalue weighted by Gasteiger charge is 2.45. The zero-order valence-electron chi connectivity index (χ0n) is 19.9. The van der Waals surface area contributed by atoms with E-state index in [4.69, 9.17) is 4.98 Å². The van der Waals surface area contributed by atoms with E-state index in [0.29, 0.717) is 12.5 Å². The molecule has 1 aromatic carbocycles. The van der Waals surface area contributed by atoms with Crippen molar-refractivity contribution in [2.24, 2.45) is 5.41 Å². The monoisotopic (exact) mass is 434 g/mol. The van der Waals surface area contributed by atoms with E-state index < -0.39 is 5.41 Å². The number of amides is 2. The summed E-state index contributed by atoms with van der Waals surface area (Å²) in [7, 11) is 1.78. The van der Waals surface area contributed by atoms with Crippen LogP contribution in [0.2, 0.25) is 0 Å². The Hall–Kier alpha value is -2.73. The van der Waals surface area contributed by atoms with Crippen LogP contribution in [0.25, 0.3) is 0 Å². The molecule has 32 heavy (non-hydrogen) atoms. The summed E-state index contributed by atoms with van der Waals surface area (Å²) in [5.74, 6) is 0.135. The topological polar surface area (TPSA) is 56.8 Å². The highest BCUT2D eigenvalue weighted by atomic mass is 16.2. The molecule has 2 aliphatic rings. The number of anilines is 2. The van der Waals surface area contributed by atoms with Crippen molar-refractivity contribution in [2.45, 2.75) is 53.0 Å². The van der Waals surface area contributed by atoms with Crippen molar-refractivity contribution in [3.8, 4) is 0 Å². The summed E-state index contributed by atoms with van der Waals surface area (Å²) in [5, 5.41) is 0. The molecule has 0 N–H and O–H groups in total. The van der Waals surface area contributed by atoms with E-state index in [0.717, 1.165) is 55.1 Å². The number of carbonyl (C=O) groups is 2. The Bertz CT molecular complexity index is 1030. The van der Waals surface area contributed by atoms with Gasteiger partial charge in [0.05, 0.1) is 11.4 Å². The van der Waals surface area contributed by atoms with Gasteiger partial charge in [-0.1, -0.05) is 12.1 Å². The lowest BCUT2D eigenvalue weighted by Crippen LogP contribution is -2.47. The maximum Gasteiger partial charge on any atom is 0.242 e. The van der Waals surface area contributed by atoms with Gasteiger partial charge >= 0.3 is 0 Å². The molecule has 0 aliphatic carbocycles. The summed E-state index contributed by atoms with van der Waals surface area (Å²) in [6, 6.07) is 12.5. The van der Waals surface area contributed by atoms with Crippen LogP contribution in [-0.4, -0.2) is 48.4 Å². The molecule has 1 aromatic heterocycles. The van der Waals surface area contributed by atoms with Gasteiger partial charge in [0, 0.05) is 44.0 Å². The van der Waals surface area contributed by atoms with Crippen LogP contribution >= 0.6 is 0 Å². The molecular formula is C26H34N4O2. The lowest BCUT2D eigenvalue weighted by molar-refractivity contribution is -0.137. The molecule has 2 amide bonds. The SMILES string of the molecule is CCN1C(=O)C(C)(C)C(=O)N(C)c2cc(CN3CCCC(c4cccc(C)n4)C3)ccc21.